The van der Waals surface area contributed by atoms with Crippen molar-refractivity contribution in [3.8, 4) is 6.07 Å². The molecule has 1 atom stereocenters. The summed E-state index contributed by atoms with van der Waals surface area (Å²) in [5.41, 5.74) is 0.894. The number of nitrogens with zero attached hydrogens (tertiary/aromatic N) is 1. The van der Waals surface area contributed by atoms with Gasteiger partial charge in [0.15, 0.2) is 0 Å². The van der Waals surface area contributed by atoms with Crippen LogP contribution in [0.3, 0.4) is 0 Å². The molecule has 0 saturated carbocycles. The van der Waals surface area contributed by atoms with Gasteiger partial charge in [-0.15, -0.1) is 0 Å². The van der Waals surface area contributed by atoms with Crippen LogP contribution < -0.4 is 5.32 Å². The second kappa shape index (κ2) is 7.00. The molecule has 4 heteroatoms. The van der Waals surface area contributed by atoms with Gasteiger partial charge in [-0.1, -0.05) is 13.3 Å². The number of aliphatic hydroxyl groups is 1. The monoisotopic (exact) mass is 236 g/mol. The smallest absolute Gasteiger partial charge is 0.127 e. The summed E-state index contributed by atoms with van der Waals surface area (Å²) < 4.78 is 13.4. The Hall–Kier alpha value is -1.44. The van der Waals surface area contributed by atoms with Crippen molar-refractivity contribution >= 4 is 0 Å². The van der Waals surface area contributed by atoms with Gasteiger partial charge in [0.05, 0.1) is 17.7 Å². The quantitative estimate of drug-likeness (QED) is 0.793. The predicted octanol–water partition coefficient (Wildman–Crippen LogP) is 1.95. The van der Waals surface area contributed by atoms with E-state index in [9.17, 15) is 9.50 Å². The zero-order valence-corrected chi connectivity index (χ0v) is 9.91. The van der Waals surface area contributed by atoms with E-state index in [2.05, 4.69) is 5.32 Å². The topological polar surface area (TPSA) is 56.0 Å². The Morgan fingerprint density at radius 2 is 2.29 bits per heavy atom. The highest BCUT2D eigenvalue weighted by Gasteiger charge is 2.05. The largest absolute Gasteiger partial charge is 0.392 e. The fourth-order valence-corrected chi connectivity index (χ4v) is 1.59. The van der Waals surface area contributed by atoms with Gasteiger partial charge in [0.1, 0.15) is 5.82 Å². The van der Waals surface area contributed by atoms with Gasteiger partial charge >= 0.3 is 0 Å². The van der Waals surface area contributed by atoms with Gasteiger partial charge < -0.3 is 10.4 Å². The first kappa shape index (κ1) is 13.6. The van der Waals surface area contributed by atoms with Gasteiger partial charge in [0.2, 0.25) is 0 Å². The van der Waals surface area contributed by atoms with Crippen LogP contribution in [0.2, 0.25) is 0 Å². The van der Waals surface area contributed by atoms with Crippen molar-refractivity contribution in [3.05, 3.63) is 35.1 Å². The molecule has 92 valence electrons. The highest BCUT2D eigenvalue weighted by Crippen LogP contribution is 2.09. The van der Waals surface area contributed by atoms with Gasteiger partial charge in [-0.2, -0.15) is 5.26 Å². The number of hydrogen-bond donors (Lipinski definition) is 2. The second-order valence-electron chi connectivity index (χ2n) is 3.99. The Kier molecular flexibility index (Phi) is 5.61. The molecule has 0 heterocycles. The zero-order valence-electron chi connectivity index (χ0n) is 9.91. The maximum Gasteiger partial charge on any atom is 0.127 e. The molecule has 0 aromatic heterocycles. The van der Waals surface area contributed by atoms with E-state index in [-0.39, 0.29) is 5.82 Å². The van der Waals surface area contributed by atoms with E-state index in [1.54, 1.807) is 0 Å². The number of halogens is 1. The number of rotatable bonds is 6. The lowest BCUT2D eigenvalue weighted by molar-refractivity contribution is 0.160. The SMILES string of the molecule is CCCC(O)CNCc1cc(C#N)ccc1F. The van der Waals surface area contributed by atoms with Crippen LogP contribution in [0, 0.1) is 17.1 Å². The molecular weight excluding hydrogens is 219 g/mol. The van der Waals surface area contributed by atoms with Gasteiger partial charge in [-0.25, -0.2) is 4.39 Å². The van der Waals surface area contributed by atoms with Crippen molar-refractivity contribution < 1.29 is 9.50 Å². The summed E-state index contributed by atoms with van der Waals surface area (Å²) in [5.74, 6) is -0.332. The lowest BCUT2D eigenvalue weighted by Crippen LogP contribution is -2.26. The Morgan fingerprint density at radius 3 is 2.94 bits per heavy atom. The third-order valence-electron chi connectivity index (χ3n) is 2.49. The molecule has 1 rings (SSSR count). The Morgan fingerprint density at radius 1 is 1.53 bits per heavy atom. The average molecular weight is 236 g/mol. The van der Waals surface area contributed by atoms with Crippen LogP contribution in [0.1, 0.15) is 30.9 Å². The molecule has 0 bridgehead atoms. The molecule has 17 heavy (non-hydrogen) atoms. The highest BCUT2D eigenvalue weighted by molar-refractivity contribution is 5.33. The average Bonchev–Trinajstić information content (AvgIpc) is 2.32. The molecule has 1 aromatic carbocycles. The fraction of sp³-hybridized carbons (Fsp3) is 0.462. The molecule has 0 aliphatic carbocycles. The van der Waals surface area contributed by atoms with Gasteiger partial charge in [0, 0.05) is 18.7 Å². The fourth-order valence-electron chi connectivity index (χ4n) is 1.59. The minimum atomic E-state index is -0.401. The Balaban J connectivity index is 2.49. The van der Waals surface area contributed by atoms with Gasteiger partial charge in [-0.05, 0) is 24.6 Å². The molecule has 3 nitrogen and oxygen atoms in total. The first-order chi connectivity index (χ1) is 8.17. The predicted molar refractivity (Wildman–Crippen MR) is 63.7 cm³/mol. The van der Waals surface area contributed by atoms with Crippen molar-refractivity contribution in [1.29, 1.82) is 5.26 Å². The Bertz CT molecular complexity index is 401. The number of nitriles is 1. The molecule has 0 spiro atoms. The minimum absolute atomic E-state index is 0.322. The summed E-state index contributed by atoms with van der Waals surface area (Å²) in [5, 5.41) is 21.2. The van der Waals surface area contributed by atoms with Crippen LogP contribution in [0.5, 0.6) is 0 Å². The van der Waals surface area contributed by atoms with E-state index < -0.39 is 6.10 Å². The van der Waals surface area contributed by atoms with E-state index in [0.29, 0.717) is 24.2 Å². The maximum atomic E-state index is 13.4. The lowest BCUT2D eigenvalue weighted by Gasteiger charge is -2.11. The number of benzene rings is 1. The summed E-state index contributed by atoms with van der Waals surface area (Å²) in [6.07, 6.45) is 1.25. The number of nitrogens with one attached hydrogen (secondary N) is 1. The number of aliphatic hydroxyl groups excluding tert-OH is 1. The van der Waals surface area contributed by atoms with Gasteiger partial charge in [-0.3, -0.25) is 0 Å². The summed E-state index contributed by atoms with van der Waals surface area (Å²) in [7, 11) is 0. The molecule has 1 unspecified atom stereocenters. The highest BCUT2D eigenvalue weighted by atomic mass is 19.1. The van der Waals surface area contributed by atoms with Crippen molar-refractivity contribution in [3.63, 3.8) is 0 Å². The molecular formula is C13H17FN2O. The van der Waals surface area contributed by atoms with Crippen molar-refractivity contribution in [2.75, 3.05) is 6.54 Å². The van der Waals surface area contributed by atoms with E-state index in [0.717, 1.165) is 12.8 Å². The maximum absolute atomic E-state index is 13.4. The van der Waals surface area contributed by atoms with Crippen LogP contribution in [0.4, 0.5) is 4.39 Å². The van der Waals surface area contributed by atoms with Crippen LogP contribution in [-0.4, -0.2) is 17.8 Å². The zero-order chi connectivity index (χ0) is 12.7. The summed E-state index contributed by atoms with van der Waals surface area (Å²) in [6.45, 7) is 2.76. The van der Waals surface area contributed by atoms with E-state index in [1.807, 2.05) is 13.0 Å². The van der Waals surface area contributed by atoms with Crippen LogP contribution in [0.25, 0.3) is 0 Å². The molecule has 1 aromatic rings. The van der Waals surface area contributed by atoms with Crippen molar-refractivity contribution in [1.82, 2.24) is 5.32 Å². The third kappa shape index (κ3) is 4.51. The first-order valence-electron chi connectivity index (χ1n) is 5.74. The minimum Gasteiger partial charge on any atom is -0.392 e. The van der Waals surface area contributed by atoms with Gasteiger partial charge in [0.25, 0.3) is 0 Å². The summed E-state index contributed by atoms with van der Waals surface area (Å²) in [6, 6.07) is 6.23. The molecule has 2 N–H and O–H groups in total. The molecule has 0 aliphatic heterocycles. The molecule has 0 radical (unpaired) electrons. The third-order valence-corrected chi connectivity index (χ3v) is 2.49. The lowest BCUT2D eigenvalue weighted by atomic mass is 10.1. The van der Waals surface area contributed by atoms with E-state index in [4.69, 9.17) is 5.26 Å². The van der Waals surface area contributed by atoms with Crippen molar-refractivity contribution in [2.45, 2.75) is 32.4 Å². The van der Waals surface area contributed by atoms with Crippen LogP contribution in [0.15, 0.2) is 18.2 Å². The van der Waals surface area contributed by atoms with Crippen LogP contribution in [-0.2, 0) is 6.54 Å². The summed E-state index contributed by atoms with van der Waals surface area (Å²) >= 11 is 0. The second-order valence-corrected chi connectivity index (χ2v) is 3.99. The molecule has 0 fully saturated rings. The normalized spacial score (nSPS) is 12.1. The molecule has 0 saturated heterocycles. The van der Waals surface area contributed by atoms with E-state index >= 15 is 0 Å². The molecule has 0 amide bonds. The van der Waals surface area contributed by atoms with Crippen molar-refractivity contribution in [2.24, 2.45) is 0 Å². The Labute approximate surface area is 101 Å². The summed E-state index contributed by atoms with van der Waals surface area (Å²) in [4.78, 5) is 0. The van der Waals surface area contributed by atoms with E-state index in [1.165, 1.54) is 18.2 Å². The first-order valence-corrected chi connectivity index (χ1v) is 5.74. The standard InChI is InChI=1S/C13H17FN2O/c1-2-3-12(17)9-16-8-11-6-10(7-15)4-5-13(11)14/h4-6,12,16-17H,2-3,8-9H2,1H3. The molecule has 0 aliphatic rings. The number of hydrogen-bond acceptors (Lipinski definition) is 3. The van der Waals surface area contributed by atoms with Crippen LogP contribution >= 0.6 is 0 Å².